The van der Waals surface area contributed by atoms with Crippen LogP contribution in [0.4, 0.5) is 0 Å². The molecule has 0 radical (unpaired) electrons. The van der Waals surface area contributed by atoms with Crippen molar-refractivity contribution in [3.63, 3.8) is 0 Å². The maximum absolute atomic E-state index is 14.9. The summed E-state index contributed by atoms with van der Waals surface area (Å²) in [5, 5.41) is 0.329. The van der Waals surface area contributed by atoms with E-state index in [9.17, 15) is 14.2 Å². The molecule has 230 valence electrons. The Morgan fingerprint density at radius 2 is 1.42 bits per heavy atom. The number of hydrogen-bond acceptors (Lipinski definition) is 12. The van der Waals surface area contributed by atoms with Crippen LogP contribution >= 0.6 is 7.37 Å². The summed E-state index contributed by atoms with van der Waals surface area (Å²) in [4.78, 5) is 26.9. The first-order valence-corrected chi connectivity index (χ1v) is 16.3. The molecule has 5 heterocycles. The summed E-state index contributed by atoms with van der Waals surface area (Å²) in [7, 11) is -4.06. The van der Waals surface area contributed by atoms with Crippen molar-refractivity contribution < 1.29 is 56.6 Å². The molecule has 6 atom stereocenters. The van der Waals surface area contributed by atoms with Crippen molar-refractivity contribution in [2.75, 3.05) is 39.6 Å². The van der Waals surface area contributed by atoms with Crippen LogP contribution in [-0.4, -0.2) is 81.4 Å². The fourth-order valence-corrected chi connectivity index (χ4v) is 8.60. The molecule has 4 fully saturated rings. The van der Waals surface area contributed by atoms with Crippen LogP contribution in [0.5, 0.6) is 5.75 Å². The maximum Gasteiger partial charge on any atom is 0.320 e. The molecule has 0 aliphatic carbocycles. The zero-order valence-electron chi connectivity index (χ0n) is 23.5. The van der Waals surface area contributed by atoms with Gasteiger partial charge in [0.2, 0.25) is 0 Å². The maximum atomic E-state index is 14.9. The van der Waals surface area contributed by atoms with Gasteiger partial charge in [-0.1, -0.05) is 36.4 Å². The van der Waals surface area contributed by atoms with Gasteiger partial charge in [-0.3, -0.25) is 14.2 Å². The molecule has 2 aromatic rings. The summed E-state index contributed by atoms with van der Waals surface area (Å²) < 4.78 is 66.3. The monoisotopic (exact) mass is 616 g/mol. The van der Waals surface area contributed by atoms with Gasteiger partial charge >= 0.3 is 11.9 Å². The fourth-order valence-electron chi connectivity index (χ4n) is 6.02. The highest BCUT2D eigenvalue weighted by Crippen LogP contribution is 2.59. The van der Waals surface area contributed by atoms with E-state index in [-0.39, 0.29) is 26.4 Å². The van der Waals surface area contributed by atoms with Crippen LogP contribution in [0.3, 0.4) is 0 Å². The quantitative estimate of drug-likeness (QED) is 0.318. The number of carbonyl (C=O) groups is 2. The van der Waals surface area contributed by atoms with Gasteiger partial charge in [-0.15, -0.1) is 0 Å². The second-order valence-electron chi connectivity index (χ2n) is 11.1. The number of para-hydroxylation sites is 1. The van der Waals surface area contributed by atoms with Gasteiger partial charge in [-0.25, -0.2) is 0 Å². The lowest BCUT2D eigenvalue weighted by molar-refractivity contribution is -0.315. The summed E-state index contributed by atoms with van der Waals surface area (Å²) in [5.41, 5.74) is -0.0945. The SMILES string of the molecule is O=C(CC(C(=O)OCC1COC2(CCCO2)O1)P1(=O)Oc2ccccc2-c2ccccc21)OCC1COC2(CCCO2)O1. The van der Waals surface area contributed by atoms with Crippen molar-refractivity contribution >= 4 is 24.6 Å². The van der Waals surface area contributed by atoms with Crippen LogP contribution < -0.4 is 9.83 Å². The highest BCUT2D eigenvalue weighted by molar-refractivity contribution is 7.69. The first-order valence-electron chi connectivity index (χ1n) is 14.6. The molecule has 0 saturated carbocycles. The highest BCUT2D eigenvalue weighted by Gasteiger charge is 2.51. The Kier molecular flexibility index (Phi) is 7.79. The molecule has 5 aliphatic heterocycles. The molecule has 6 unspecified atom stereocenters. The molecule has 5 aliphatic rings. The van der Waals surface area contributed by atoms with Gasteiger partial charge in [0, 0.05) is 18.4 Å². The van der Waals surface area contributed by atoms with Crippen LogP contribution in [-0.2, 0) is 52.0 Å². The molecule has 2 spiro atoms. The van der Waals surface area contributed by atoms with Gasteiger partial charge in [-0.2, -0.15) is 0 Å². The lowest BCUT2D eigenvalue weighted by atomic mass is 10.0. The minimum absolute atomic E-state index is 0.119. The molecule has 43 heavy (non-hydrogen) atoms. The minimum atomic E-state index is -4.06. The van der Waals surface area contributed by atoms with Crippen molar-refractivity contribution in [1.82, 2.24) is 0 Å². The number of fused-ring (bicyclic) bond motifs is 3. The van der Waals surface area contributed by atoms with Gasteiger partial charge in [0.15, 0.2) is 5.66 Å². The predicted molar refractivity (Wildman–Crippen MR) is 148 cm³/mol. The van der Waals surface area contributed by atoms with E-state index in [1.807, 2.05) is 24.3 Å². The molecule has 7 rings (SSSR count). The van der Waals surface area contributed by atoms with Crippen molar-refractivity contribution in [2.24, 2.45) is 0 Å². The molecule has 4 saturated heterocycles. The molecule has 0 amide bonds. The largest absolute Gasteiger partial charge is 0.463 e. The molecular formula is C30H33O12P. The predicted octanol–water partition coefficient (Wildman–Crippen LogP) is 3.25. The normalized spacial score (nSPS) is 33.2. The number of hydrogen-bond donors (Lipinski definition) is 0. The van der Waals surface area contributed by atoms with E-state index in [1.165, 1.54) is 0 Å². The molecule has 0 N–H and O–H groups in total. The average molecular weight is 617 g/mol. The number of ether oxygens (including phenoxy) is 8. The first-order chi connectivity index (χ1) is 20.9. The van der Waals surface area contributed by atoms with E-state index in [2.05, 4.69) is 0 Å². The molecule has 0 bridgehead atoms. The fraction of sp³-hybridized carbons (Fsp3) is 0.533. The van der Waals surface area contributed by atoms with Crippen molar-refractivity contribution in [3.05, 3.63) is 48.5 Å². The summed E-state index contributed by atoms with van der Waals surface area (Å²) in [5.74, 6) is -3.48. The summed E-state index contributed by atoms with van der Waals surface area (Å²) in [6, 6.07) is 14.1. The third-order valence-electron chi connectivity index (χ3n) is 8.10. The average Bonchev–Trinajstić information content (AvgIpc) is 3.84. The summed E-state index contributed by atoms with van der Waals surface area (Å²) in [6.07, 6.45) is 1.11. The van der Waals surface area contributed by atoms with E-state index >= 15 is 0 Å². The van der Waals surface area contributed by atoms with Crippen molar-refractivity contribution in [3.8, 4) is 16.9 Å². The number of benzene rings is 2. The summed E-state index contributed by atoms with van der Waals surface area (Å²) >= 11 is 0. The first kappa shape index (κ1) is 28.9. The lowest BCUT2D eigenvalue weighted by Gasteiger charge is -2.32. The van der Waals surface area contributed by atoms with Gasteiger partial charge in [0.05, 0.1) is 38.2 Å². The van der Waals surface area contributed by atoms with E-state index in [1.54, 1.807) is 24.3 Å². The second kappa shape index (κ2) is 11.6. The van der Waals surface area contributed by atoms with E-state index in [4.69, 9.17) is 42.4 Å². The number of rotatable bonds is 8. The number of esters is 2. The smallest absolute Gasteiger partial charge is 0.320 e. The van der Waals surface area contributed by atoms with Crippen molar-refractivity contribution in [2.45, 2.75) is 61.9 Å². The van der Waals surface area contributed by atoms with Crippen LogP contribution in [0.15, 0.2) is 48.5 Å². The zero-order chi connectivity index (χ0) is 29.5. The minimum Gasteiger partial charge on any atom is -0.463 e. The molecule has 2 aromatic carbocycles. The Balaban J connectivity index is 1.09. The van der Waals surface area contributed by atoms with Gasteiger partial charge in [-0.05, 0) is 30.5 Å². The lowest BCUT2D eigenvalue weighted by Crippen LogP contribution is -2.37. The van der Waals surface area contributed by atoms with E-state index in [0.29, 0.717) is 42.7 Å². The Morgan fingerprint density at radius 3 is 2.07 bits per heavy atom. The third kappa shape index (κ3) is 5.62. The molecular weight excluding hydrogens is 583 g/mol. The second-order valence-corrected chi connectivity index (χ2v) is 13.6. The standard InChI is InChI=1S/C30H33O12P/c31-27(34-16-20-18-38-29(40-20)11-5-13-36-29)15-26(28(32)35-17-21-19-39-30(41-21)12-6-14-37-30)43(33)25-10-4-2-8-23(25)22-7-1-3-9-24(22)42-43/h1-4,7-10,20-21,26H,5-6,11-19H2. The Hall–Kier alpha value is -2.83. The zero-order valence-corrected chi connectivity index (χ0v) is 24.4. The van der Waals surface area contributed by atoms with Crippen LogP contribution in [0.25, 0.3) is 11.1 Å². The molecule has 0 aromatic heterocycles. The van der Waals surface area contributed by atoms with Gasteiger partial charge in [0.1, 0.15) is 31.2 Å². The Labute approximate surface area is 248 Å². The van der Waals surface area contributed by atoms with Gasteiger partial charge in [0.25, 0.3) is 19.3 Å². The topological polar surface area (TPSA) is 134 Å². The number of carbonyl (C=O) groups excluding carboxylic acids is 2. The molecule has 12 nitrogen and oxygen atoms in total. The van der Waals surface area contributed by atoms with E-state index < -0.39 is 55.5 Å². The van der Waals surface area contributed by atoms with Crippen LogP contribution in [0.1, 0.15) is 32.1 Å². The Morgan fingerprint density at radius 1 is 0.814 bits per heavy atom. The van der Waals surface area contributed by atoms with E-state index in [0.717, 1.165) is 18.4 Å². The Bertz CT molecular complexity index is 1420. The van der Waals surface area contributed by atoms with Gasteiger partial charge < -0.3 is 42.4 Å². The van der Waals surface area contributed by atoms with Crippen LogP contribution in [0, 0.1) is 0 Å². The summed E-state index contributed by atoms with van der Waals surface area (Å²) in [6.45, 7) is 1.11. The van der Waals surface area contributed by atoms with Crippen LogP contribution in [0.2, 0.25) is 0 Å². The highest BCUT2D eigenvalue weighted by atomic mass is 31.2. The molecule has 13 heteroatoms. The third-order valence-corrected chi connectivity index (χ3v) is 10.8. The van der Waals surface area contributed by atoms with Crippen molar-refractivity contribution in [1.29, 1.82) is 0 Å².